The molecule has 0 saturated heterocycles. The number of anilines is 1. The van der Waals surface area contributed by atoms with Gasteiger partial charge in [0.1, 0.15) is 0 Å². The van der Waals surface area contributed by atoms with Gasteiger partial charge in [0.25, 0.3) is 0 Å². The van der Waals surface area contributed by atoms with Crippen LogP contribution in [-0.4, -0.2) is 18.1 Å². The van der Waals surface area contributed by atoms with Crippen molar-refractivity contribution in [2.75, 3.05) is 11.9 Å². The molecule has 1 aromatic carbocycles. The molecule has 2 saturated carbocycles. The molecular formula is C17H21NO2. The van der Waals surface area contributed by atoms with Gasteiger partial charge in [-0.05, 0) is 60.6 Å². The van der Waals surface area contributed by atoms with E-state index in [-0.39, 0.29) is 12.0 Å². The fraction of sp³-hybridized carbons (Fsp3) is 0.588. The molecule has 1 heterocycles. The van der Waals surface area contributed by atoms with Gasteiger partial charge >= 0.3 is 0 Å². The third kappa shape index (κ3) is 1.87. The zero-order chi connectivity index (χ0) is 13.9. The first-order valence-corrected chi connectivity index (χ1v) is 7.71. The number of aryl methyl sites for hydroxylation is 1. The van der Waals surface area contributed by atoms with Gasteiger partial charge in [-0.1, -0.05) is 12.1 Å². The molecular weight excluding hydrogens is 250 g/mol. The summed E-state index contributed by atoms with van der Waals surface area (Å²) < 4.78 is 0. The Bertz CT molecular complexity index is 558. The SMILES string of the molecule is CN1C(=O)CCc2cc(C(O)C3CC4CC4C3)ccc21. The predicted octanol–water partition coefficient (Wildman–Crippen LogP) is 2.68. The van der Waals surface area contributed by atoms with E-state index in [2.05, 4.69) is 6.07 Å². The van der Waals surface area contributed by atoms with Crippen molar-refractivity contribution >= 4 is 11.6 Å². The number of hydrogen-bond acceptors (Lipinski definition) is 2. The average Bonchev–Trinajstić information content (AvgIpc) is 3.08. The maximum atomic E-state index is 11.7. The molecule has 4 rings (SSSR count). The molecule has 3 heteroatoms. The van der Waals surface area contributed by atoms with Gasteiger partial charge in [0.2, 0.25) is 5.91 Å². The molecule has 0 bridgehead atoms. The van der Waals surface area contributed by atoms with Crippen LogP contribution in [0.5, 0.6) is 0 Å². The van der Waals surface area contributed by atoms with E-state index in [1.54, 1.807) is 4.90 Å². The maximum absolute atomic E-state index is 11.7. The number of carbonyl (C=O) groups excluding carboxylic acids is 1. The van der Waals surface area contributed by atoms with E-state index in [0.717, 1.165) is 29.5 Å². The Balaban J connectivity index is 1.58. The van der Waals surface area contributed by atoms with Crippen molar-refractivity contribution in [3.8, 4) is 0 Å². The molecule has 1 aromatic rings. The predicted molar refractivity (Wildman–Crippen MR) is 77.5 cm³/mol. The van der Waals surface area contributed by atoms with E-state index in [4.69, 9.17) is 0 Å². The Morgan fingerprint density at radius 3 is 2.70 bits per heavy atom. The molecule has 3 unspecified atom stereocenters. The van der Waals surface area contributed by atoms with Gasteiger partial charge in [-0.3, -0.25) is 4.79 Å². The van der Waals surface area contributed by atoms with Crippen molar-refractivity contribution in [1.29, 1.82) is 0 Å². The van der Waals surface area contributed by atoms with E-state index in [0.29, 0.717) is 12.3 Å². The van der Waals surface area contributed by atoms with Gasteiger partial charge in [0.15, 0.2) is 0 Å². The fourth-order valence-electron chi connectivity index (χ4n) is 4.15. The number of amides is 1. The third-order valence-corrected chi connectivity index (χ3v) is 5.52. The molecule has 0 spiro atoms. The summed E-state index contributed by atoms with van der Waals surface area (Å²) in [7, 11) is 1.83. The van der Waals surface area contributed by atoms with E-state index in [1.807, 2.05) is 19.2 Å². The molecule has 1 aliphatic heterocycles. The lowest BCUT2D eigenvalue weighted by Gasteiger charge is -2.27. The number of rotatable bonds is 2. The molecule has 1 amide bonds. The molecule has 106 valence electrons. The quantitative estimate of drug-likeness (QED) is 0.898. The van der Waals surface area contributed by atoms with Crippen molar-refractivity contribution in [2.24, 2.45) is 17.8 Å². The molecule has 2 fully saturated rings. The Morgan fingerprint density at radius 1 is 1.20 bits per heavy atom. The summed E-state index contributed by atoms with van der Waals surface area (Å²) in [4.78, 5) is 13.4. The first kappa shape index (κ1) is 12.4. The molecule has 0 aromatic heterocycles. The van der Waals surface area contributed by atoms with Crippen molar-refractivity contribution in [3.63, 3.8) is 0 Å². The maximum Gasteiger partial charge on any atom is 0.227 e. The van der Waals surface area contributed by atoms with Gasteiger partial charge in [0.05, 0.1) is 6.10 Å². The second-order valence-electron chi connectivity index (χ2n) is 6.77. The van der Waals surface area contributed by atoms with Gasteiger partial charge in [0, 0.05) is 19.2 Å². The molecule has 3 nitrogen and oxygen atoms in total. The van der Waals surface area contributed by atoms with Crippen LogP contribution in [-0.2, 0) is 11.2 Å². The van der Waals surface area contributed by atoms with Crippen LogP contribution in [0.25, 0.3) is 0 Å². The lowest BCUT2D eigenvalue weighted by Crippen LogP contribution is -2.31. The molecule has 0 radical (unpaired) electrons. The topological polar surface area (TPSA) is 40.5 Å². The summed E-state index contributed by atoms with van der Waals surface area (Å²) in [6.07, 6.45) is 4.84. The van der Waals surface area contributed by atoms with Crippen LogP contribution in [0.1, 0.15) is 42.9 Å². The Morgan fingerprint density at radius 2 is 1.95 bits per heavy atom. The number of aliphatic hydroxyl groups excluding tert-OH is 1. The van der Waals surface area contributed by atoms with Crippen LogP contribution in [0.15, 0.2) is 18.2 Å². The van der Waals surface area contributed by atoms with Crippen molar-refractivity contribution in [2.45, 2.75) is 38.2 Å². The Labute approximate surface area is 119 Å². The number of hydrogen-bond donors (Lipinski definition) is 1. The standard InChI is InChI=1S/C17H21NO2/c1-18-15-4-2-11(6-10(15)3-5-16(18)19)17(20)14-8-12-7-13(12)9-14/h2,4,6,12-14,17,20H,3,5,7-9H2,1H3. The summed E-state index contributed by atoms with van der Waals surface area (Å²) >= 11 is 0. The number of nitrogens with zero attached hydrogens (tertiary/aromatic N) is 1. The lowest BCUT2D eigenvalue weighted by molar-refractivity contribution is -0.118. The van der Waals surface area contributed by atoms with Gasteiger partial charge in [-0.15, -0.1) is 0 Å². The van der Waals surface area contributed by atoms with Crippen molar-refractivity contribution in [3.05, 3.63) is 29.3 Å². The lowest BCUT2D eigenvalue weighted by atomic mass is 9.89. The zero-order valence-electron chi connectivity index (χ0n) is 11.9. The van der Waals surface area contributed by atoms with Crippen LogP contribution < -0.4 is 4.90 Å². The third-order valence-electron chi connectivity index (χ3n) is 5.52. The van der Waals surface area contributed by atoms with E-state index in [1.165, 1.54) is 24.8 Å². The van der Waals surface area contributed by atoms with Gasteiger partial charge < -0.3 is 10.0 Å². The van der Waals surface area contributed by atoms with Crippen LogP contribution in [0, 0.1) is 17.8 Å². The summed E-state index contributed by atoms with van der Waals surface area (Å²) in [5, 5.41) is 10.6. The summed E-state index contributed by atoms with van der Waals surface area (Å²) in [6.45, 7) is 0. The number of aliphatic hydroxyl groups is 1. The molecule has 20 heavy (non-hydrogen) atoms. The minimum atomic E-state index is -0.323. The number of fused-ring (bicyclic) bond motifs is 2. The van der Waals surface area contributed by atoms with E-state index < -0.39 is 0 Å². The van der Waals surface area contributed by atoms with Crippen LogP contribution in [0.2, 0.25) is 0 Å². The van der Waals surface area contributed by atoms with Gasteiger partial charge in [-0.25, -0.2) is 0 Å². The molecule has 1 N–H and O–H groups in total. The highest BCUT2D eigenvalue weighted by Gasteiger charge is 2.47. The normalized spacial score (nSPS) is 32.8. The van der Waals surface area contributed by atoms with Gasteiger partial charge in [-0.2, -0.15) is 0 Å². The second-order valence-corrected chi connectivity index (χ2v) is 6.77. The summed E-state index contributed by atoms with van der Waals surface area (Å²) in [5.74, 6) is 2.42. The number of carbonyl (C=O) groups is 1. The molecule has 3 atom stereocenters. The first-order chi connectivity index (χ1) is 9.63. The van der Waals surface area contributed by atoms with Crippen LogP contribution in [0.3, 0.4) is 0 Å². The summed E-state index contributed by atoms with van der Waals surface area (Å²) in [6, 6.07) is 6.12. The zero-order valence-corrected chi connectivity index (χ0v) is 11.9. The van der Waals surface area contributed by atoms with Crippen LogP contribution in [0.4, 0.5) is 5.69 Å². The Kier molecular flexibility index (Phi) is 2.68. The van der Waals surface area contributed by atoms with Crippen molar-refractivity contribution < 1.29 is 9.90 Å². The van der Waals surface area contributed by atoms with E-state index in [9.17, 15) is 9.90 Å². The largest absolute Gasteiger partial charge is 0.388 e. The fourth-order valence-corrected chi connectivity index (χ4v) is 4.15. The van der Waals surface area contributed by atoms with Crippen LogP contribution >= 0.6 is 0 Å². The highest BCUT2D eigenvalue weighted by Crippen LogP contribution is 2.57. The van der Waals surface area contributed by atoms with E-state index >= 15 is 0 Å². The second kappa shape index (κ2) is 4.32. The smallest absolute Gasteiger partial charge is 0.227 e. The minimum absolute atomic E-state index is 0.182. The molecule has 2 aliphatic carbocycles. The first-order valence-electron chi connectivity index (χ1n) is 7.71. The monoisotopic (exact) mass is 271 g/mol. The minimum Gasteiger partial charge on any atom is -0.388 e. The highest BCUT2D eigenvalue weighted by molar-refractivity contribution is 5.95. The summed E-state index contributed by atoms with van der Waals surface area (Å²) in [5.41, 5.74) is 3.25. The number of benzene rings is 1. The Hall–Kier alpha value is -1.35. The van der Waals surface area contributed by atoms with Crippen molar-refractivity contribution in [1.82, 2.24) is 0 Å². The highest BCUT2D eigenvalue weighted by atomic mass is 16.3. The average molecular weight is 271 g/mol. The molecule has 3 aliphatic rings.